The van der Waals surface area contributed by atoms with Crippen LogP contribution in [-0.4, -0.2) is 37.8 Å². The summed E-state index contributed by atoms with van der Waals surface area (Å²) in [6.07, 6.45) is 7.04. The summed E-state index contributed by atoms with van der Waals surface area (Å²) in [5.41, 5.74) is 13.9. The van der Waals surface area contributed by atoms with Gasteiger partial charge in [0.05, 0.1) is 17.1 Å². The third kappa shape index (κ3) is 2.48. The zero-order chi connectivity index (χ0) is 14.8. The topological polar surface area (TPSA) is 121 Å². The Morgan fingerprint density at radius 1 is 1.24 bits per heavy atom. The average Bonchev–Trinajstić information content (AvgIpc) is 2.92. The third-order valence-electron chi connectivity index (χ3n) is 3.10. The van der Waals surface area contributed by atoms with E-state index in [0.717, 1.165) is 22.0 Å². The molecule has 3 aromatic heterocycles. The van der Waals surface area contributed by atoms with E-state index < -0.39 is 0 Å². The largest absolute Gasteiger partial charge is 0.383 e. The van der Waals surface area contributed by atoms with Crippen LogP contribution in [0.3, 0.4) is 0 Å². The lowest BCUT2D eigenvalue weighted by molar-refractivity contribution is 0.768. The van der Waals surface area contributed by atoms with Gasteiger partial charge in [-0.15, -0.1) is 0 Å². The lowest BCUT2D eigenvalue weighted by Gasteiger charge is -2.08. The standard InChI is InChI=1S/C13H16N8/c1-21-7-8(4-19-21)9-5-17-12(15)10-6-18-13(16-3-2-14)20-11(9)10/h4-7H,2-3,14H2,1H3,(H2,15,17)(H,16,18,20). The van der Waals surface area contributed by atoms with Crippen molar-refractivity contribution in [3.05, 3.63) is 24.8 Å². The van der Waals surface area contributed by atoms with Gasteiger partial charge in [0.25, 0.3) is 0 Å². The molecule has 0 saturated carbocycles. The summed E-state index contributed by atoms with van der Waals surface area (Å²) in [7, 11) is 1.86. The zero-order valence-corrected chi connectivity index (χ0v) is 11.6. The van der Waals surface area contributed by atoms with Crippen molar-refractivity contribution in [1.29, 1.82) is 0 Å². The van der Waals surface area contributed by atoms with Gasteiger partial charge in [-0.25, -0.2) is 15.0 Å². The van der Waals surface area contributed by atoms with Crippen molar-refractivity contribution in [2.45, 2.75) is 0 Å². The number of nitrogens with one attached hydrogen (secondary N) is 1. The number of pyridine rings is 1. The summed E-state index contributed by atoms with van der Waals surface area (Å²) in [6, 6.07) is 0. The Balaban J connectivity index is 2.17. The highest BCUT2D eigenvalue weighted by Crippen LogP contribution is 2.28. The molecular formula is C13H16N8. The van der Waals surface area contributed by atoms with Crippen LogP contribution in [0.5, 0.6) is 0 Å². The quantitative estimate of drug-likeness (QED) is 0.633. The smallest absolute Gasteiger partial charge is 0.223 e. The molecule has 5 N–H and O–H groups in total. The van der Waals surface area contributed by atoms with E-state index in [1.807, 2.05) is 13.2 Å². The molecule has 0 aliphatic rings. The van der Waals surface area contributed by atoms with Crippen LogP contribution in [0.15, 0.2) is 24.8 Å². The normalized spacial score (nSPS) is 11.0. The number of aromatic nitrogens is 5. The number of fused-ring (bicyclic) bond motifs is 1. The summed E-state index contributed by atoms with van der Waals surface area (Å²) in [6.45, 7) is 1.11. The van der Waals surface area contributed by atoms with Crippen molar-refractivity contribution in [1.82, 2.24) is 24.7 Å². The molecule has 8 nitrogen and oxygen atoms in total. The van der Waals surface area contributed by atoms with Crippen molar-refractivity contribution in [3.63, 3.8) is 0 Å². The highest BCUT2D eigenvalue weighted by molar-refractivity contribution is 5.98. The minimum Gasteiger partial charge on any atom is -0.383 e. The highest BCUT2D eigenvalue weighted by Gasteiger charge is 2.12. The summed E-state index contributed by atoms with van der Waals surface area (Å²) in [4.78, 5) is 13.0. The molecule has 0 aromatic carbocycles. The Bertz CT molecular complexity index is 779. The number of hydrogen-bond acceptors (Lipinski definition) is 7. The number of nitrogens with two attached hydrogens (primary N) is 2. The predicted octanol–water partition coefficient (Wildman–Crippen LogP) is 0.378. The highest BCUT2D eigenvalue weighted by atomic mass is 15.2. The second kappa shape index (κ2) is 5.33. The number of hydrogen-bond donors (Lipinski definition) is 3. The van der Waals surface area contributed by atoms with E-state index in [0.29, 0.717) is 24.9 Å². The minimum atomic E-state index is 0.406. The van der Waals surface area contributed by atoms with E-state index in [4.69, 9.17) is 11.5 Å². The van der Waals surface area contributed by atoms with Crippen molar-refractivity contribution < 1.29 is 0 Å². The van der Waals surface area contributed by atoms with Gasteiger partial charge in [-0.3, -0.25) is 4.68 Å². The van der Waals surface area contributed by atoms with Crippen LogP contribution >= 0.6 is 0 Å². The van der Waals surface area contributed by atoms with Gasteiger partial charge in [-0.05, 0) is 0 Å². The second-order valence-electron chi connectivity index (χ2n) is 4.63. The van der Waals surface area contributed by atoms with Crippen LogP contribution in [0, 0.1) is 0 Å². The molecule has 3 rings (SSSR count). The molecule has 0 radical (unpaired) electrons. The van der Waals surface area contributed by atoms with Crippen LogP contribution in [-0.2, 0) is 7.05 Å². The van der Waals surface area contributed by atoms with Crippen LogP contribution in [0.1, 0.15) is 0 Å². The molecule has 0 spiro atoms. The van der Waals surface area contributed by atoms with Gasteiger partial charge in [0.2, 0.25) is 5.95 Å². The molecule has 8 heteroatoms. The zero-order valence-electron chi connectivity index (χ0n) is 11.6. The number of anilines is 2. The first-order valence-corrected chi connectivity index (χ1v) is 6.53. The number of aryl methyl sites for hydroxylation is 1. The fourth-order valence-electron chi connectivity index (χ4n) is 2.08. The Morgan fingerprint density at radius 3 is 2.81 bits per heavy atom. The van der Waals surface area contributed by atoms with Crippen LogP contribution < -0.4 is 16.8 Å². The fourth-order valence-corrected chi connectivity index (χ4v) is 2.08. The predicted molar refractivity (Wildman–Crippen MR) is 81.5 cm³/mol. The van der Waals surface area contributed by atoms with Gasteiger partial charge in [0.1, 0.15) is 5.82 Å². The summed E-state index contributed by atoms with van der Waals surface area (Å²) in [5.74, 6) is 0.923. The Labute approximate surface area is 121 Å². The maximum absolute atomic E-state index is 5.91. The monoisotopic (exact) mass is 284 g/mol. The molecule has 0 fully saturated rings. The second-order valence-corrected chi connectivity index (χ2v) is 4.63. The van der Waals surface area contributed by atoms with Gasteiger partial charge in [0.15, 0.2) is 0 Å². The van der Waals surface area contributed by atoms with Crippen LogP contribution in [0.25, 0.3) is 22.0 Å². The first kappa shape index (κ1) is 13.3. The number of nitrogens with zero attached hydrogens (tertiary/aromatic N) is 5. The van der Waals surface area contributed by atoms with Gasteiger partial charge >= 0.3 is 0 Å². The Morgan fingerprint density at radius 2 is 2.10 bits per heavy atom. The summed E-state index contributed by atoms with van der Waals surface area (Å²) >= 11 is 0. The molecule has 0 saturated heterocycles. The first-order valence-electron chi connectivity index (χ1n) is 6.53. The lowest BCUT2D eigenvalue weighted by atomic mass is 10.1. The fraction of sp³-hybridized carbons (Fsp3) is 0.231. The first-order chi connectivity index (χ1) is 10.2. The summed E-state index contributed by atoms with van der Waals surface area (Å²) < 4.78 is 1.73. The van der Waals surface area contributed by atoms with Crippen molar-refractivity contribution in [2.24, 2.45) is 12.8 Å². The van der Waals surface area contributed by atoms with E-state index in [2.05, 4.69) is 25.4 Å². The third-order valence-corrected chi connectivity index (χ3v) is 3.10. The molecular weight excluding hydrogens is 268 g/mol. The van der Waals surface area contributed by atoms with Crippen LogP contribution in [0.2, 0.25) is 0 Å². The van der Waals surface area contributed by atoms with E-state index in [-0.39, 0.29) is 0 Å². The van der Waals surface area contributed by atoms with Gasteiger partial charge in [0, 0.05) is 49.9 Å². The van der Waals surface area contributed by atoms with Gasteiger partial charge < -0.3 is 16.8 Å². The molecule has 3 heterocycles. The molecule has 108 valence electrons. The molecule has 21 heavy (non-hydrogen) atoms. The molecule has 0 atom stereocenters. The van der Waals surface area contributed by atoms with E-state index in [9.17, 15) is 0 Å². The van der Waals surface area contributed by atoms with E-state index in [1.165, 1.54) is 0 Å². The maximum Gasteiger partial charge on any atom is 0.223 e. The molecule has 3 aromatic rings. The van der Waals surface area contributed by atoms with Gasteiger partial charge in [-0.1, -0.05) is 0 Å². The van der Waals surface area contributed by atoms with Crippen molar-refractivity contribution in [2.75, 3.05) is 24.1 Å². The number of rotatable bonds is 4. The average molecular weight is 284 g/mol. The van der Waals surface area contributed by atoms with Crippen molar-refractivity contribution >= 4 is 22.7 Å². The molecule has 0 aliphatic carbocycles. The SMILES string of the molecule is Cn1cc(-c2cnc(N)c3cnc(NCCN)nc23)cn1. The Hall–Kier alpha value is -2.74. The lowest BCUT2D eigenvalue weighted by Crippen LogP contribution is -2.14. The minimum absolute atomic E-state index is 0.406. The molecule has 0 amide bonds. The Kier molecular flexibility index (Phi) is 3.36. The molecule has 0 bridgehead atoms. The van der Waals surface area contributed by atoms with Gasteiger partial charge in [-0.2, -0.15) is 5.10 Å². The van der Waals surface area contributed by atoms with E-state index >= 15 is 0 Å². The van der Waals surface area contributed by atoms with E-state index in [1.54, 1.807) is 23.3 Å². The van der Waals surface area contributed by atoms with Crippen molar-refractivity contribution in [3.8, 4) is 11.1 Å². The molecule has 0 aliphatic heterocycles. The number of nitrogen functional groups attached to an aromatic ring is 1. The van der Waals surface area contributed by atoms with Crippen LogP contribution in [0.4, 0.5) is 11.8 Å². The summed E-state index contributed by atoms with van der Waals surface area (Å²) in [5, 5.41) is 7.95. The molecule has 0 unspecified atom stereocenters. The maximum atomic E-state index is 5.91.